The number of carbonyl (C=O) groups is 1. The quantitative estimate of drug-likeness (QED) is 0.315. The van der Waals surface area contributed by atoms with E-state index in [1.807, 2.05) is 36.4 Å². The standard InChI is InChI=1S/C24H18Cl3N3O2/c25-19-9-10-22(20(26)12-19)32-15-17-7-4-8-18(11-17)24(31)28-23-21(27)14-30(29-23)13-16-5-2-1-3-6-16/h1-12,14H,13,15H2,(H,28,29,31). The Morgan fingerprint density at radius 1 is 0.906 bits per heavy atom. The van der Waals surface area contributed by atoms with Crippen molar-refractivity contribution >= 4 is 46.5 Å². The minimum Gasteiger partial charge on any atom is -0.487 e. The van der Waals surface area contributed by atoms with Crippen LogP contribution in [-0.2, 0) is 13.2 Å². The molecule has 0 radical (unpaired) electrons. The molecule has 1 amide bonds. The Morgan fingerprint density at radius 3 is 2.47 bits per heavy atom. The van der Waals surface area contributed by atoms with Crippen LogP contribution in [0.5, 0.6) is 5.75 Å². The van der Waals surface area contributed by atoms with Crippen molar-refractivity contribution in [2.45, 2.75) is 13.2 Å². The summed E-state index contributed by atoms with van der Waals surface area (Å²) >= 11 is 18.3. The average Bonchev–Trinajstić information content (AvgIpc) is 3.12. The fourth-order valence-corrected chi connectivity index (χ4v) is 3.73. The van der Waals surface area contributed by atoms with Gasteiger partial charge in [0.25, 0.3) is 5.91 Å². The van der Waals surface area contributed by atoms with Gasteiger partial charge in [-0.1, -0.05) is 77.3 Å². The molecule has 1 aromatic heterocycles. The number of ether oxygens (including phenoxy) is 1. The topological polar surface area (TPSA) is 56.2 Å². The maximum absolute atomic E-state index is 12.8. The zero-order valence-electron chi connectivity index (χ0n) is 16.8. The van der Waals surface area contributed by atoms with Gasteiger partial charge in [0.2, 0.25) is 0 Å². The van der Waals surface area contributed by atoms with Gasteiger partial charge in [-0.25, -0.2) is 0 Å². The molecule has 4 rings (SSSR count). The van der Waals surface area contributed by atoms with Gasteiger partial charge < -0.3 is 10.1 Å². The Morgan fingerprint density at radius 2 is 1.69 bits per heavy atom. The summed E-state index contributed by atoms with van der Waals surface area (Å²) in [5.41, 5.74) is 2.35. The van der Waals surface area contributed by atoms with Gasteiger partial charge in [0.15, 0.2) is 5.82 Å². The third-order valence-corrected chi connectivity index (χ3v) is 5.42. The minimum atomic E-state index is -0.316. The normalized spacial score (nSPS) is 10.7. The molecule has 4 aromatic rings. The Balaban J connectivity index is 1.41. The first-order valence-electron chi connectivity index (χ1n) is 9.73. The summed E-state index contributed by atoms with van der Waals surface area (Å²) in [7, 11) is 0. The lowest BCUT2D eigenvalue weighted by Gasteiger charge is -2.09. The molecule has 32 heavy (non-hydrogen) atoms. The molecule has 5 nitrogen and oxygen atoms in total. The van der Waals surface area contributed by atoms with Crippen molar-refractivity contribution in [3.63, 3.8) is 0 Å². The van der Waals surface area contributed by atoms with Gasteiger partial charge >= 0.3 is 0 Å². The summed E-state index contributed by atoms with van der Waals surface area (Å²) in [5.74, 6) is 0.507. The van der Waals surface area contributed by atoms with Gasteiger partial charge in [-0.15, -0.1) is 0 Å². The first kappa shape index (κ1) is 22.2. The number of rotatable bonds is 7. The van der Waals surface area contributed by atoms with E-state index in [1.54, 1.807) is 47.3 Å². The number of anilines is 1. The molecule has 0 fully saturated rings. The van der Waals surface area contributed by atoms with Crippen LogP contribution in [0.1, 0.15) is 21.5 Å². The van der Waals surface area contributed by atoms with Gasteiger partial charge in [0.1, 0.15) is 17.4 Å². The van der Waals surface area contributed by atoms with Crippen LogP contribution in [0.2, 0.25) is 15.1 Å². The molecule has 1 N–H and O–H groups in total. The summed E-state index contributed by atoms with van der Waals surface area (Å²) in [6.07, 6.45) is 1.68. The smallest absolute Gasteiger partial charge is 0.256 e. The van der Waals surface area contributed by atoms with Crippen LogP contribution in [0.3, 0.4) is 0 Å². The van der Waals surface area contributed by atoms with Crippen molar-refractivity contribution in [2.24, 2.45) is 0 Å². The highest BCUT2D eigenvalue weighted by molar-refractivity contribution is 6.35. The molecule has 8 heteroatoms. The number of nitrogens with one attached hydrogen (secondary N) is 1. The highest BCUT2D eigenvalue weighted by Gasteiger charge is 2.13. The van der Waals surface area contributed by atoms with E-state index in [4.69, 9.17) is 39.5 Å². The molecule has 3 aromatic carbocycles. The van der Waals surface area contributed by atoms with E-state index in [0.717, 1.165) is 11.1 Å². The van der Waals surface area contributed by atoms with Crippen LogP contribution >= 0.6 is 34.8 Å². The molecule has 0 aliphatic heterocycles. The van der Waals surface area contributed by atoms with Gasteiger partial charge in [-0.05, 0) is 41.5 Å². The fourth-order valence-electron chi connectivity index (χ4n) is 3.07. The highest BCUT2D eigenvalue weighted by Crippen LogP contribution is 2.28. The highest BCUT2D eigenvalue weighted by atomic mass is 35.5. The SMILES string of the molecule is O=C(Nc1nn(Cc2ccccc2)cc1Cl)c1cccc(COc2ccc(Cl)cc2Cl)c1. The molecule has 0 aliphatic rings. The van der Waals surface area contributed by atoms with Crippen LogP contribution in [-0.4, -0.2) is 15.7 Å². The molecular formula is C24H18Cl3N3O2. The Kier molecular flexibility index (Phi) is 7.00. The average molecular weight is 487 g/mol. The van der Waals surface area contributed by atoms with E-state index in [2.05, 4.69) is 10.4 Å². The second-order valence-corrected chi connectivity index (χ2v) is 8.28. The van der Waals surface area contributed by atoms with E-state index < -0.39 is 0 Å². The summed E-state index contributed by atoms with van der Waals surface area (Å²) < 4.78 is 7.44. The van der Waals surface area contributed by atoms with Crippen molar-refractivity contribution in [3.05, 3.63) is 111 Å². The van der Waals surface area contributed by atoms with Crippen molar-refractivity contribution in [2.75, 3.05) is 5.32 Å². The molecular weight excluding hydrogens is 469 g/mol. The van der Waals surface area contributed by atoms with Crippen molar-refractivity contribution < 1.29 is 9.53 Å². The second kappa shape index (κ2) is 10.1. The van der Waals surface area contributed by atoms with Crippen LogP contribution in [0.25, 0.3) is 0 Å². The molecule has 0 aliphatic carbocycles. The van der Waals surface area contributed by atoms with E-state index in [0.29, 0.717) is 38.7 Å². The Hall–Kier alpha value is -2.99. The zero-order chi connectivity index (χ0) is 22.5. The number of nitrogens with zero attached hydrogens (tertiary/aromatic N) is 2. The maximum atomic E-state index is 12.8. The lowest BCUT2D eigenvalue weighted by Crippen LogP contribution is -2.13. The predicted molar refractivity (Wildman–Crippen MR) is 128 cm³/mol. The first-order valence-corrected chi connectivity index (χ1v) is 10.9. The Labute approximate surface area is 200 Å². The predicted octanol–water partition coefficient (Wildman–Crippen LogP) is 6.72. The number of benzene rings is 3. The van der Waals surface area contributed by atoms with Crippen molar-refractivity contribution in [1.29, 1.82) is 0 Å². The zero-order valence-corrected chi connectivity index (χ0v) is 19.0. The van der Waals surface area contributed by atoms with E-state index in [9.17, 15) is 4.79 Å². The van der Waals surface area contributed by atoms with Gasteiger partial charge in [0.05, 0.1) is 11.6 Å². The van der Waals surface area contributed by atoms with Crippen LogP contribution in [0.4, 0.5) is 5.82 Å². The number of carbonyl (C=O) groups excluding carboxylic acids is 1. The Bertz CT molecular complexity index is 1240. The number of hydrogen-bond donors (Lipinski definition) is 1. The molecule has 0 bridgehead atoms. The molecule has 0 atom stereocenters. The van der Waals surface area contributed by atoms with Gasteiger partial charge in [-0.2, -0.15) is 5.10 Å². The van der Waals surface area contributed by atoms with Crippen LogP contribution in [0.15, 0.2) is 79.0 Å². The molecule has 162 valence electrons. The van der Waals surface area contributed by atoms with E-state index in [-0.39, 0.29) is 12.5 Å². The first-order chi connectivity index (χ1) is 15.5. The van der Waals surface area contributed by atoms with Crippen LogP contribution < -0.4 is 10.1 Å². The molecule has 1 heterocycles. The lowest BCUT2D eigenvalue weighted by molar-refractivity contribution is 0.102. The van der Waals surface area contributed by atoms with Crippen LogP contribution in [0, 0.1) is 0 Å². The third kappa shape index (κ3) is 5.62. The van der Waals surface area contributed by atoms with Crippen molar-refractivity contribution in [1.82, 2.24) is 9.78 Å². The second-order valence-electron chi connectivity index (χ2n) is 7.03. The van der Waals surface area contributed by atoms with E-state index >= 15 is 0 Å². The summed E-state index contributed by atoms with van der Waals surface area (Å²) in [6.45, 7) is 0.797. The number of aromatic nitrogens is 2. The molecule has 0 saturated heterocycles. The lowest BCUT2D eigenvalue weighted by atomic mass is 10.1. The molecule has 0 saturated carbocycles. The molecule has 0 unspecified atom stereocenters. The maximum Gasteiger partial charge on any atom is 0.256 e. The molecule has 0 spiro atoms. The summed E-state index contributed by atoms with van der Waals surface area (Å²) in [4.78, 5) is 12.8. The van der Waals surface area contributed by atoms with Gasteiger partial charge in [0, 0.05) is 16.8 Å². The minimum absolute atomic E-state index is 0.245. The summed E-state index contributed by atoms with van der Waals surface area (Å²) in [6, 6.07) is 22.0. The number of amides is 1. The van der Waals surface area contributed by atoms with E-state index in [1.165, 1.54) is 0 Å². The fraction of sp³-hybridized carbons (Fsp3) is 0.0833. The van der Waals surface area contributed by atoms with Crippen molar-refractivity contribution in [3.8, 4) is 5.75 Å². The number of hydrogen-bond acceptors (Lipinski definition) is 3. The third-order valence-electron chi connectivity index (χ3n) is 4.61. The van der Waals surface area contributed by atoms with Gasteiger partial charge in [-0.3, -0.25) is 9.48 Å². The summed E-state index contributed by atoms with van der Waals surface area (Å²) in [5, 5.41) is 8.48. The number of halogens is 3. The largest absolute Gasteiger partial charge is 0.487 e. The monoisotopic (exact) mass is 485 g/mol.